The standard InChI is InChI=1S/C27H34N2O4/c1-6-28(7-2)16-17-29-24(20-12-14-22(15-13-20)33-18(3)4)23(26(31)27(29)32)25(30)21-10-8-19(5)9-11-21/h8-15,18,24,30H,6-7,16-17H2,1-5H3/b25-23+/t24-/m0/s1. The Labute approximate surface area is 196 Å². The average Bonchev–Trinajstić information content (AvgIpc) is 3.05. The van der Waals surface area contributed by atoms with Crippen LogP contribution in [0.3, 0.4) is 0 Å². The first-order chi connectivity index (χ1) is 15.8. The Morgan fingerprint density at radius 1 is 1.03 bits per heavy atom. The van der Waals surface area contributed by atoms with Crippen molar-refractivity contribution >= 4 is 17.4 Å². The molecular formula is C27H34N2O4. The predicted molar refractivity (Wildman–Crippen MR) is 130 cm³/mol. The van der Waals surface area contributed by atoms with Crippen LogP contribution < -0.4 is 4.74 Å². The third-order valence-corrected chi connectivity index (χ3v) is 5.98. The number of likely N-dealkylation sites (tertiary alicyclic amines) is 1. The van der Waals surface area contributed by atoms with Crippen LogP contribution in [0.1, 0.15) is 50.4 Å². The molecule has 0 aromatic heterocycles. The maximum absolute atomic E-state index is 13.1. The molecule has 1 atom stereocenters. The van der Waals surface area contributed by atoms with Gasteiger partial charge in [0, 0.05) is 18.7 Å². The zero-order valence-electron chi connectivity index (χ0n) is 20.2. The first kappa shape index (κ1) is 24.5. The Morgan fingerprint density at radius 2 is 1.64 bits per heavy atom. The first-order valence-corrected chi connectivity index (χ1v) is 11.6. The minimum atomic E-state index is -0.657. The van der Waals surface area contributed by atoms with E-state index in [1.54, 1.807) is 17.0 Å². The smallest absolute Gasteiger partial charge is 0.295 e. The van der Waals surface area contributed by atoms with E-state index in [-0.39, 0.29) is 17.4 Å². The van der Waals surface area contributed by atoms with Gasteiger partial charge in [-0.05, 0) is 51.6 Å². The zero-order valence-corrected chi connectivity index (χ0v) is 20.2. The van der Waals surface area contributed by atoms with Gasteiger partial charge in [-0.3, -0.25) is 9.59 Å². The van der Waals surface area contributed by atoms with Crippen LogP contribution in [0.25, 0.3) is 5.76 Å². The van der Waals surface area contributed by atoms with Crippen molar-refractivity contribution in [2.24, 2.45) is 0 Å². The Morgan fingerprint density at radius 3 is 2.18 bits per heavy atom. The lowest BCUT2D eigenvalue weighted by atomic mass is 9.95. The number of ether oxygens (including phenoxy) is 1. The predicted octanol–water partition coefficient (Wildman–Crippen LogP) is 4.55. The molecule has 1 amide bonds. The maximum Gasteiger partial charge on any atom is 0.295 e. The second-order valence-electron chi connectivity index (χ2n) is 8.62. The van der Waals surface area contributed by atoms with Gasteiger partial charge in [0.2, 0.25) is 0 Å². The zero-order chi connectivity index (χ0) is 24.1. The summed E-state index contributed by atoms with van der Waals surface area (Å²) in [5.74, 6) is -0.665. The molecular weight excluding hydrogens is 416 g/mol. The monoisotopic (exact) mass is 450 g/mol. The molecule has 3 rings (SSSR count). The van der Waals surface area contributed by atoms with Gasteiger partial charge >= 0.3 is 0 Å². The van der Waals surface area contributed by atoms with Crippen LogP contribution in [0, 0.1) is 6.92 Å². The summed E-state index contributed by atoms with van der Waals surface area (Å²) < 4.78 is 5.75. The SMILES string of the molecule is CCN(CC)CCN1C(=O)C(=O)/C(=C(/O)c2ccc(C)cc2)[C@@H]1c1ccc(OC(C)C)cc1. The largest absolute Gasteiger partial charge is 0.507 e. The number of hydrogen-bond acceptors (Lipinski definition) is 5. The van der Waals surface area contributed by atoms with Crippen LogP contribution in [-0.2, 0) is 9.59 Å². The van der Waals surface area contributed by atoms with Crippen molar-refractivity contribution in [3.8, 4) is 5.75 Å². The fourth-order valence-electron chi connectivity index (χ4n) is 4.11. The first-order valence-electron chi connectivity index (χ1n) is 11.6. The van der Waals surface area contributed by atoms with Gasteiger partial charge < -0.3 is 19.6 Å². The molecule has 0 aliphatic carbocycles. The summed E-state index contributed by atoms with van der Waals surface area (Å²) in [4.78, 5) is 30.0. The highest BCUT2D eigenvalue weighted by molar-refractivity contribution is 6.46. The van der Waals surface area contributed by atoms with Crippen LogP contribution in [0.5, 0.6) is 5.75 Å². The molecule has 176 valence electrons. The van der Waals surface area contributed by atoms with E-state index >= 15 is 0 Å². The summed E-state index contributed by atoms with van der Waals surface area (Å²) in [5, 5.41) is 11.1. The number of amides is 1. The number of hydrogen-bond donors (Lipinski definition) is 1. The molecule has 2 aromatic carbocycles. The third-order valence-electron chi connectivity index (χ3n) is 5.98. The fourth-order valence-corrected chi connectivity index (χ4v) is 4.11. The van der Waals surface area contributed by atoms with Gasteiger partial charge in [0.25, 0.3) is 11.7 Å². The summed E-state index contributed by atoms with van der Waals surface area (Å²) in [5.41, 5.74) is 2.45. The number of ketones is 1. The van der Waals surface area contributed by atoms with E-state index in [1.807, 2.05) is 57.2 Å². The summed E-state index contributed by atoms with van der Waals surface area (Å²) in [6.07, 6.45) is 0.0390. The van der Waals surface area contributed by atoms with Crippen molar-refractivity contribution in [2.45, 2.75) is 46.8 Å². The lowest BCUT2D eigenvalue weighted by Crippen LogP contribution is -2.38. The Balaban J connectivity index is 2.06. The topological polar surface area (TPSA) is 70.1 Å². The average molecular weight is 451 g/mol. The summed E-state index contributed by atoms with van der Waals surface area (Å²) in [6.45, 7) is 12.8. The number of benzene rings is 2. The number of aliphatic hydroxyl groups is 1. The van der Waals surface area contributed by atoms with Gasteiger partial charge in [0.05, 0.1) is 17.7 Å². The van der Waals surface area contributed by atoms with Gasteiger partial charge in [0.15, 0.2) is 0 Å². The summed E-state index contributed by atoms with van der Waals surface area (Å²) in [7, 11) is 0. The van der Waals surface area contributed by atoms with Crippen molar-refractivity contribution in [1.82, 2.24) is 9.80 Å². The quantitative estimate of drug-likeness (QED) is 0.345. The van der Waals surface area contributed by atoms with Gasteiger partial charge in [-0.25, -0.2) is 0 Å². The third kappa shape index (κ3) is 5.45. The molecule has 0 bridgehead atoms. The normalized spacial score (nSPS) is 17.9. The summed E-state index contributed by atoms with van der Waals surface area (Å²) >= 11 is 0. The minimum absolute atomic E-state index is 0.0390. The molecule has 6 heteroatoms. The van der Waals surface area contributed by atoms with Crippen LogP contribution in [-0.4, -0.2) is 58.9 Å². The molecule has 6 nitrogen and oxygen atoms in total. The van der Waals surface area contributed by atoms with E-state index < -0.39 is 17.7 Å². The molecule has 0 radical (unpaired) electrons. The number of Topliss-reactive ketones (excluding diaryl/α,β-unsaturated/α-hetero) is 1. The lowest BCUT2D eigenvalue weighted by molar-refractivity contribution is -0.140. The lowest BCUT2D eigenvalue weighted by Gasteiger charge is -2.28. The van der Waals surface area contributed by atoms with E-state index in [2.05, 4.69) is 18.7 Å². The number of rotatable bonds is 9. The molecule has 1 fully saturated rings. The Bertz CT molecular complexity index is 1010. The molecule has 0 saturated carbocycles. The van der Waals surface area contributed by atoms with Gasteiger partial charge in [-0.2, -0.15) is 0 Å². The molecule has 1 heterocycles. The van der Waals surface area contributed by atoms with E-state index in [9.17, 15) is 14.7 Å². The van der Waals surface area contributed by atoms with Crippen molar-refractivity contribution in [3.05, 3.63) is 70.8 Å². The van der Waals surface area contributed by atoms with E-state index in [1.165, 1.54) is 0 Å². The van der Waals surface area contributed by atoms with Gasteiger partial charge in [0.1, 0.15) is 11.5 Å². The molecule has 1 saturated heterocycles. The second-order valence-corrected chi connectivity index (χ2v) is 8.62. The van der Waals surface area contributed by atoms with Crippen molar-refractivity contribution in [3.63, 3.8) is 0 Å². The van der Waals surface area contributed by atoms with E-state index in [0.717, 1.165) is 24.2 Å². The van der Waals surface area contributed by atoms with Gasteiger partial charge in [-0.1, -0.05) is 55.8 Å². The van der Waals surface area contributed by atoms with Crippen molar-refractivity contribution in [1.29, 1.82) is 0 Å². The number of aryl methyl sites for hydroxylation is 1. The van der Waals surface area contributed by atoms with Crippen LogP contribution in [0.4, 0.5) is 0 Å². The summed E-state index contributed by atoms with van der Waals surface area (Å²) in [6, 6.07) is 14.0. The number of carbonyl (C=O) groups is 2. The maximum atomic E-state index is 13.1. The Hall–Kier alpha value is -3.12. The number of carbonyl (C=O) groups excluding carboxylic acids is 2. The number of nitrogens with zero attached hydrogens (tertiary/aromatic N) is 2. The van der Waals surface area contributed by atoms with Crippen molar-refractivity contribution in [2.75, 3.05) is 26.2 Å². The molecule has 1 N–H and O–H groups in total. The molecule has 0 spiro atoms. The number of likely N-dealkylation sites (N-methyl/N-ethyl adjacent to an activating group) is 1. The van der Waals surface area contributed by atoms with Crippen LogP contribution in [0.2, 0.25) is 0 Å². The highest BCUT2D eigenvalue weighted by Crippen LogP contribution is 2.39. The van der Waals surface area contributed by atoms with E-state index in [4.69, 9.17) is 4.74 Å². The minimum Gasteiger partial charge on any atom is -0.507 e. The fraction of sp³-hybridized carbons (Fsp3) is 0.407. The Kier molecular flexibility index (Phi) is 7.92. The molecule has 2 aromatic rings. The number of aliphatic hydroxyl groups excluding tert-OH is 1. The highest BCUT2D eigenvalue weighted by atomic mass is 16.5. The van der Waals surface area contributed by atoms with Crippen LogP contribution >= 0.6 is 0 Å². The van der Waals surface area contributed by atoms with Crippen LogP contribution in [0.15, 0.2) is 54.1 Å². The van der Waals surface area contributed by atoms with Gasteiger partial charge in [-0.15, -0.1) is 0 Å². The van der Waals surface area contributed by atoms with Crippen molar-refractivity contribution < 1.29 is 19.4 Å². The molecule has 0 unspecified atom stereocenters. The molecule has 1 aliphatic heterocycles. The molecule has 33 heavy (non-hydrogen) atoms. The second kappa shape index (κ2) is 10.7. The van der Waals surface area contributed by atoms with E-state index in [0.29, 0.717) is 24.4 Å². The molecule has 1 aliphatic rings. The highest BCUT2D eigenvalue weighted by Gasteiger charge is 2.45.